The van der Waals surface area contributed by atoms with Gasteiger partial charge in [0.05, 0.1) is 5.41 Å². The molecule has 2 aliphatic heterocycles. The van der Waals surface area contributed by atoms with E-state index in [2.05, 4.69) is 257 Å². The smallest absolute Gasteiger partial charge is 0.0623 e. The SMILES string of the molecule is C[Si]1(C)c2ccccc2-c2c(-c3cccc4c(-c5cccc6c5-c5ccccc5C65c6ccccc6-c6ccc7ccccc7c65)c5cccc(-c6cccc7c6-c6ccccc6[Si]7(C)C)c5cc34)cccc21. The predicted molar refractivity (Wildman–Crippen MR) is 316 cm³/mol. The number of hydrogen-bond acceptors (Lipinski definition) is 0. The standard InChI is InChI=1S/C71H50Si2/c1-72(2)62-36-13-9-24-54(62)68-48(30-18-38-64(68)72)45-26-15-28-50-57(45)42-58-46(49-31-19-39-65-69(49)55-25-10-14-37-63(55)73(65,3)4)27-16-29-51(58)66(50)56-32-17-35-61-67(56)53-23-8-12-34-60(53)71(61)59-33-11-7-22-47(59)52-41-40-43-20-5-6-21-44(43)70(52)71/h5-42H,1-4H3. The maximum Gasteiger partial charge on any atom is 0.113 e. The minimum Gasteiger partial charge on any atom is -0.0623 e. The first-order chi connectivity index (χ1) is 35.8. The van der Waals surface area contributed by atoms with Gasteiger partial charge in [-0.2, -0.15) is 0 Å². The molecule has 342 valence electrons. The number of hydrogen-bond donors (Lipinski definition) is 0. The number of benzene rings is 12. The van der Waals surface area contributed by atoms with Crippen LogP contribution in [-0.2, 0) is 5.41 Å². The number of fused-ring (bicyclic) bond motifs is 20. The summed E-state index contributed by atoms with van der Waals surface area (Å²) in [7, 11) is -3.90. The minimum atomic E-state index is -1.95. The van der Waals surface area contributed by atoms with E-state index in [-0.39, 0.29) is 0 Å². The topological polar surface area (TPSA) is 0 Å². The van der Waals surface area contributed by atoms with Crippen LogP contribution >= 0.6 is 0 Å². The second-order valence-corrected chi connectivity index (χ2v) is 30.8. The van der Waals surface area contributed by atoms with Crippen LogP contribution in [0.15, 0.2) is 231 Å². The minimum absolute atomic E-state index is 0.505. The summed E-state index contributed by atoms with van der Waals surface area (Å²) in [6.07, 6.45) is 0. The Morgan fingerprint density at radius 2 is 0.671 bits per heavy atom. The Balaban J connectivity index is 1.06. The lowest BCUT2D eigenvalue weighted by Gasteiger charge is -2.31. The molecule has 0 radical (unpaired) electrons. The lowest BCUT2D eigenvalue weighted by molar-refractivity contribution is 0.801. The second-order valence-electron chi connectivity index (χ2n) is 22.1. The number of rotatable bonds is 3. The summed E-state index contributed by atoms with van der Waals surface area (Å²) in [5.41, 5.74) is 23.8. The molecule has 12 aromatic rings. The van der Waals surface area contributed by atoms with Crippen molar-refractivity contribution in [3.05, 3.63) is 253 Å². The molecule has 2 heteroatoms. The van der Waals surface area contributed by atoms with Crippen LogP contribution in [0.25, 0.3) is 110 Å². The van der Waals surface area contributed by atoms with E-state index in [9.17, 15) is 0 Å². The summed E-state index contributed by atoms with van der Waals surface area (Å²) in [4.78, 5) is 0. The van der Waals surface area contributed by atoms with Gasteiger partial charge in [-0.15, -0.1) is 0 Å². The zero-order valence-corrected chi connectivity index (χ0v) is 43.4. The van der Waals surface area contributed by atoms with Crippen LogP contribution in [0.3, 0.4) is 0 Å². The highest BCUT2D eigenvalue weighted by atomic mass is 28.3. The Hall–Kier alpha value is -8.15. The fraction of sp³-hybridized carbons (Fsp3) is 0.0704. The van der Waals surface area contributed by atoms with E-state index in [4.69, 9.17) is 0 Å². The third-order valence-electron chi connectivity index (χ3n) is 18.1. The van der Waals surface area contributed by atoms with Crippen LogP contribution < -0.4 is 20.7 Å². The fourth-order valence-electron chi connectivity index (χ4n) is 15.1. The first-order valence-corrected chi connectivity index (χ1v) is 32.1. The largest absolute Gasteiger partial charge is 0.113 e. The van der Waals surface area contributed by atoms with Gasteiger partial charge >= 0.3 is 0 Å². The van der Waals surface area contributed by atoms with E-state index < -0.39 is 21.6 Å². The van der Waals surface area contributed by atoms with Gasteiger partial charge in [0.1, 0.15) is 16.1 Å². The van der Waals surface area contributed by atoms with Crippen molar-refractivity contribution in [2.24, 2.45) is 0 Å². The Labute approximate surface area is 428 Å². The van der Waals surface area contributed by atoms with Crippen molar-refractivity contribution >= 4 is 69.2 Å². The summed E-state index contributed by atoms with van der Waals surface area (Å²) < 4.78 is 0. The van der Waals surface area contributed by atoms with Crippen molar-refractivity contribution in [3.63, 3.8) is 0 Å². The third-order valence-corrected chi connectivity index (χ3v) is 25.2. The monoisotopic (exact) mass is 958 g/mol. The van der Waals surface area contributed by atoms with Crippen LogP contribution in [0.4, 0.5) is 0 Å². The molecule has 0 aromatic heterocycles. The maximum atomic E-state index is 2.58. The molecule has 73 heavy (non-hydrogen) atoms. The van der Waals surface area contributed by atoms with Gasteiger partial charge < -0.3 is 0 Å². The van der Waals surface area contributed by atoms with Crippen LogP contribution in [-0.4, -0.2) is 16.1 Å². The Kier molecular flexibility index (Phi) is 8.24. The molecule has 4 aliphatic rings. The molecule has 1 spiro atoms. The van der Waals surface area contributed by atoms with Gasteiger partial charge in [0.25, 0.3) is 0 Å². The van der Waals surface area contributed by atoms with Crippen molar-refractivity contribution < 1.29 is 0 Å². The molecule has 1 atom stereocenters. The fourth-order valence-corrected chi connectivity index (χ4v) is 21.2. The molecule has 0 saturated heterocycles. The summed E-state index contributed by atoms with van der Waals surface area (Å²) in [6.45, 7) is 10.1. The summed E-state index contributed by atoms with van der Waals surface area (Å²) >= 11 is 0. The van der Waals surface area contributed by atoms with Crippen molar-refractivity contribution in [2.45, 2.75) is 31.6 Å². The molecule has 12 aromatic carbocycles. The summed E-state index contributed by atoms with van der Waals surface area (Å²) in [5.74, 6) is 0. The lowest BCUT2D eigenvalue weighted by atomic mass is 9.69. The predicted octanol–water partition coefficient (Wildman–Crippen LogP) is 16.1. The van der Waals surface area contributed by atoms with Gasteiger partial charge in [-0.05, 0) is 159 Å². The summed E-state index contributed by atoms with van der Waals surface area (Å²) in [6, 6.07) is 89.4. The Morgan fingerprint density at radius 1 is 0.247 bits per heavy atom. The average molecular weight is 959 g/mol. The highest BCUT2D eigenvalue weighted by Gasteiger charge is 2.53. The average Bonchev–Trinajstić information content (AvgIpc) is 4.08. The molecule has 2 aliphatic carbocycles. The van der Waals surface area contributed by atoms with Crippen molar-refractivity contribution in [1.82, 2.24) is 0 Å². The molecule has 0 fully saturated rings. The molecule has 0 saturated carbocycles. The molecule has 2 heterocycles. The van der Waals surface area contributed by atoms with Gasteiger partial charge in [0.15, 0.2) is 0 Å². The van der Waals surface area contributed by atoms with Gasteiger partial charge in [0, 0.05) is 0 Å². The first-order valence-electron chi connectivity index (χ1n) is 26.1. The van der Waals surface area contributed by atoms with Crippen LogP contribution in [0.2, 0.25) is 26.2 Å². The van der Waals surface area contributed by atoms with E-state index in [0.717, 1.165) is 0 Å². The van der Waals surface area contributed by atoms with Crippen LogP contribution in [0.5, 0.6) is 0 Å². The molecule has 0 N–H and O–H groups in total. The van der Waals surface area contributed by atoms with Crippen LogP contribution in [0, 0.1) is 0 Å². The highest BCUT2D eigenvalue weighted by molar-refractivity contribution is 7.04. The van der Waals surface area contributed by atoms with E-state index in [1.165, 1.54) is 153 Å². The quantitative estimate of drug-likeness (QED) is 0.122. The first kappa shape index (κ1) is 41.5. The zero-order valence-electron chi connectivity index (χ0n) is 41.4. The lowest BCUT2D eigenvalue weighted by Crippen LogP contribution is -2.49. The molecule has 16 rings (SSSR count). The van der Waals surface area contributed by atoms with Gasteiger partial charge in [-0.1, -0.05) is 251 Å². The molecular formula is C71H50Si2. The Morgan fingerprint density at radius 3 is 1.30 bits per heavy atom. The van der Waals surface area contributed by atoms with E-state index in [1.807, 2.05) is 0 Å². The van der Waals surface area contributed by atoms with E-state index >= 15 is 0 Å². The second kappa shape index (κ2) is 14.5. The third kappa shape index (κ3) is 5.15. The maximum absolute atomic E-state index is 2.58. The van der Waals surface area contributed by atoms with E-state index in [1.54, 1.807) is 0 Å². The van der Waals surface area contributed by atoms with Crippen molar-refractivity contribution in [1.29, 1.82) is 0 Å². The van der Waals surface area contributed by atoms with Gasteiger partial charge in [-0.25, -0.2) is 0 Å². The molecular weight excluding hydrogens is 909 g/mol. The molecule has 0 bridgehead atoms. The van der Waals surface area contributed by atoms with Crippen LogP contribution in [0.1, 0.15) is 22.3 Å². The molecule has 0 nitrogen and oxygen atoms in total. The van der Waals surface area contributed by atoms with Crippen molar-refractivity contribution in [3.8, 4) is 77.9 Å². The Bertz CT molecular complexity index is 4290. The molecule has 0 amide bonds. The van der Waals surface area contributed by atoms with Gasteiger partial charge in [0.2, 0.25) is 0 Å². The summed E-state index contributed by atoms with van der Waals surface area (Å²) in [5, 5.41) is 13.9. The van der Waals surface area contributed by atoms with E-state index in [0.29, 0.717) is 0 Å². The highest BCUT2D eigenvalue weighted by Crippen LogP contribution is 2.66. The molecule has 1 unspecified atom stereocenters. The van der Waals surface area contributed by atoms with Crippen molar-refractivity contribution in [2.75, 3.05) is 0 Å². The zero-order chi connectivity index (χ0) is 48.5. The normalized spacial score (nSPS) is 16.5. The van der Waals surface area contributed by atoms with Gasteiger partial charge in [-0.3, -0.25) is 0 Å².